The van der Waals surface area contributed by atoms with Crippen molar-refractivity contribution in [1.82, 2.24) is 0 Å². The van der Waals surface area contributed by atoms with Crippen molar-refractivity contribution < 1.29 is 80.2 Å². The number of carbonyl (C=O) groups excluding carboxylic acids is 4. The molecule has 510 valence electrons. The minimum atomic E-state index is -4.94. The number of phosphoric acid groups is 2. The van der Waals surface area contributed by atoms with E-state index in [1.165, 1.54) is 167 Å². The number of rotatable bonds is 68. The minimum absolute atomic E-state index is 0.105. The van der Waals surface area contributed by atoms with Crippen molar-refractivity contribution in [3.63, 3.8) is 0 Å². The van der Waals surface area contributed by atoms with Crippen LogP contribution in [0.25, 0.3) is 0 Å². The highest BCUT2D eigenvalue weighted by Gasteiger charge is 2.30. The molecule has 0 saturated heterocycles. The lowest BCUT2D eigenvalue weighted by Crippen LogP contribution is -2.30. The smallest absolute Gasteiger partial charge is 0.462 e. The van der Waals surface area contributed by atoms with Gasteiger partial charge < -0.3 is 33.8 Å². The molecule has 2 unspecified atom stereocenters. The molecule has 0 saturated carbocycles. The lowest BCUT2D eigenvalue weighted by Gasteiger charge is -2.21. The number of unbranched alkanes of at least 4 members (excludes halogenated alkanes) is 42. The molecule has 19 heteroatoms. The summed E-state index contributed by atoms with van der Waals surface area (Å²) in [4.78, 5) is 72.1. The molecule has 86 heavy (non-hydrogen) atoms. The maximum absolute atomic E-state index is 13.0. The molecular weight excluding hydrogens is 1140 g/mol. The topological polar surface area (TPSA) is 237 Å². The van der Waals surface area contributed by atoms with Crippen LogP contribution in [0.15, 0.2) is 0 Å². The first-order valence-corrected chi connectivity index (χ1v) is 38.3. The number of ether oxygens (including phenoxy) is 4. The van der Waals surface area contributed by atoms with Crippen LogP contribution < -0.4 is 0 Å². The Labute approximate surface area is 524 Å². The molecule has 17 nitrogen and oxygen atoms in total. The van der Waals surface area contributed by atoms with Crippen LogP contribution in [0.4, 0.5) is 0 Å². The van der Waals surface area contributed by atoms with Gasteiger partial charge in [0.25, 0.3) is 0 Å². The van der Waals surface area contributed by atoms with Gasteiger partial charge in [-0.2, -0.15) is 0 Å². The Kier molecular flexibility index (Phi) is 60.5. The molecule has 0 aliphatic rings. The summed E-state index contributed by atoms with van der Waals surface area (Å²) < 4.78 is 67.9. The quantitative estimate of drug-likeness (QED) is 0.0222. The Morgan fingerprint density at radius 1 is 0.279 bits per heavy atom. The number of carbonyl (C=O) groups is 4. The fourth-order valence-electron chi connectivity index (χ4n) is 10.2. The third-order valence-electron chi connectivity index (χ3n) is 15.6. The third kappa shape index (κ3) is 60.9. The van der Waals surface area contributed by atoms with Crippen molar-refractivity contribution in [2.75, 3.05) is 39.6 Å². The molecule has 5 atom stereocenters. The van der Waals surface area contributed by atoms with E-state index < -0.39 is 97.5 Å². The summed E-state index contributed by atoms with van der Waals surface area (Å²) >= 11 is 0. The molecule has 0 heterocycles. The van der Waals surface area contributed by atoms with Gasteiger partial charge in [-0.3, -0.25) is 37.3 Å². The second kappa shape index (κ2) is 61.9. The van der Waals surface area contributed by atoms with E-state index in [4.69, 9.17) is 37.0 Å². The molecule has 0 spiro atoms. The minimum Gasteiger partial charge on any atom is -0.462 e. The molecule has 0 aromatic carbocycles. The van der Waals surface area contributed by atoms with Crippen LogP contribution in [0.5, 0.6) is 0 Å². The monoisotopic (exact) mass is 1270 g/mol. The average molecular weight is 1270 g/mol. The SMILES string of the molecule is CCCCCCCCCCCCCCCCCCCCCCCC(=O)O[C@H](COC(=O)CCCCCCCCCCC)COP(=O)(O)OC[C@@H](O)COP(=O)(O)OC[C@@H](COC(=O)CCCCCCCCCC)OC(=O)CCCCCCCCCC. The van der Waals surface area contributed by atoms with Gasteiger partial charge in [0.05, 0.1) is 26.4 Å². The van der Waals surface area contributed by atoms with Crippen molar-refractivity contribution in [2.45, 2.75) is 367 Å². The number of esters is 4. The Bertz CT molecular complexity index is 1650. The largest absolute Gasteiger partial charge is 0.472 e. The van der Waals surface area contributed by atoms with Crippen molar-refractivity contribution in [3.8, 4) is 0 Å². The number of aliphatic hydroxyl groups is 1. The van der Waals surface area contributed by atoms with Gasteiger partial charge in [0, 0.05) is 25.7 Å². The summed E-state index contributed by atoms with van der Waals surface area (Å²) in [5, 5.41) is 10.5. The van der Waals surface area contributed by atoms with E-state index in [0.717, 1.165) is 103 Å². The van der Waals surface area contributed by atoms with Crippen LogP contribution in [0, 0.1) is 0 Å². The van der Waals surface area contributed by atoms with Gasteiger partial charge >= 0.3 is 39.5 Å². The van der Waals surface area contributed by atoms with E-state index in [0.29, 0.717) is 25.7 Å². The summed E-state index contributed by atoms with van der Waals surface area (Å²) in [6.07, 6.45) is 48.9. The lowest BCUT2D eigenvalue weighted by atomic mass is 10.0. The predicted molar refractivity (Wildman–Crippen MR) is 345 cm³/mol. The summed E-state index contributed by atoms with van der Waals surface area (Å²) in [6, 6.07) is 0. The van der Waals surface area contributed by atoms with Gasteiger partial charge in [-0.05, 0) is 25.7 Å². The van der Waals surface area contributed by atoms with E-state index in [-0.39, 0.29) is 25.7 Å². The van der Waals surface area contributed by atoms with E-state index in [1.807, 2.05) is 0 Å². The zero-order valence-electron chi connectivity index (χ0n) is 55.3. The Morgan fingerprint density at radius 2 is 0.465 bits per heavy atom. The van der Waals surface area contributed by atoms with Crippen LogP contribution in [-0.2, 0) is 65.4 Å². The van der Waals surface area contributed by atoms with E-state index >= 15 is 0 Å². The second-order valence-electron chi connectivity index (χ2n) is 24.2. The van der Waals surface area contributed by atoms with Crippen LogP contribution in [0.2, 0.25) is 0 Å². The van der Waals surface area contributed by atoms with Crippen LogP contribution in [-0.4, -0.2) is 96.7 Å². The number of phosphoric ester groups is 2. The highest BCUT2D eigenvalue weighted by molar-refractivity contribution is 7.47. The third-order valence-corrected chi connectivity index (χ3v) is 17.5. The van der Waals surface area contributed by atoms with Crippen molar-refractivity contribution in [3.05, 3.63) is 0 Å². The molecule has 0 aliphatic heterocycles. The first-order chi connectivity index (χ1) is 41.7. The average Bonchev–Trinajstić information content (AvgIpc) is 3.52. The Hall–Kier alpha value is -1.94. The molecule has 3 N–H and O–H groups in total. The molecule has 0 bridgehead atoms. The summed E-state index contributed by atoms with van der Waals surface area (Å²) in [7, 11) is -9.88. The maximum Gasteiger partial charge on any atom is 0.472 e. The summed E-state index contributed by atoms with van der Waals surface area (Å²) in [5.41, 5.74) is 0. The van der Waals surface area contributed by atoms with Gasteiger partial charge in [0.15, 0.2) is 12.2 Å². The molecule has 0 fully saturated rings. The van der Waals surface area contributed by atoms with Gasteiger partial charge in [0.1, 0.15) is 19.3 Å². The van der Waals surface area contributed by atoms with E-state index in [1.54, 1.807) is 0 Å². The second-order valence-corrected chi connectivity index (χ2v) is 27.1. The predicted octanol–water partition coefficient (Wildman–Crippen LogP) is 19.1. The van der Waals surface area contributed by atoms with Crippen molar-refractivity contribution in [2.24, 2.45) is 0 Å². The normalized spacial score (nSPS) is 14.1. The van der Waals surface area contributed by atoms with Crippen molar-refractivity contribution >= 4 is 39.5 Å². The molecule has 0 aromatic rings. The first-order valence-electron chi connectivity index (χ1n) is 35.3. The van der Waals surface area contributed by atoms with Gasteiger partial charge in [0.2, 0.25) is 0 Å². The standard InChI is InChI=1S/C67H130O17P2/c1-5-9-13-17-21-25-26-27-28-29-30-31-32-33-34-35-36-38-42-46-50-54-67(72)84-63(58-78-65(70)52-48-44-41-37-22-18-14-10-6-2)60-82-86(75,76)80-56-61(68)55-79-85(73,74)81-59-62(83-66(71)53-49-45-40-24-20-16-12-8-4)57-77-64(69)51-47-43-39-23-19-15-11-7-3/h61-63,68H,5-60H2,1-4H3,(H,73,74)(H,75,76)/t61-,62+,63+/m0/s1. The maximum atomic E-state index is 13.0. The number of hydrogen-bond donors (Lipinski definition) is 3. The summed E-state index contributed by atoms with van der Waals surface area (Å²) in [5.74, 6) is -2.13. The Balaban J connectivity index is 5.08. The van der Waals surface area contributed by atoms with Gasteiger partial charge in [-0.25, -0.2) is 9.13 Å². The molecule has 0 radical (unpaired) electrons. The molecular formula is C67H130O17P2. The molecule has 0 amide bonds. The fourth-order valence-corrected chi connectivity index (χ4v) is 11.7. The van der Waals surface area contributed by atoms with E-state index in [9.17, 15) is 43.2 Å². The van der Waals surface area contributed by atoms with Crippen LogP contribution in [0.3, 0.4) is 0 Å². The lowest BCUT2D eigenvalue weighted by molar-refractivity contribution is -0.161. The highest BCUT2D eigenvalue weighted by atomic mass is 31.2. The number of hydrogen-bond acceptors (Lipinski definition) is 15. The van der Waals surface area contributed by atoms with E-state index in [2.05, 4.69) is 27.7 Å². The number of aliphatic hydroxyl groups excluding tert-OH is 1. The first kappa shape index (κ1) is 84.1. The zero-order valence-corrected chi connectivity index (χ0v) is 57.1. The van der Waals surface area contributed by atoms with Gasteiger partial charge in [-0.1, -0.05) is 297 Å². The molecule has 0 aromatic heterocycles. The van der Waals surface area contributed by atoms with Crippen LogP contribution in [0.1, 0.15) is 349 Å². The molecule has 0 rings (SSSR count). The highest BCUT2D eigenvalue weighted by Crippen LogP contribution is 2.45. The summed E-state index contributed by atoms with van der Waals surface area (Å²) in [6.45, 7) is 4.84. The Morgan fingerprint density at radius 3 is 0.686 bits per heavy atom. The van der Waals surface area contributed by atoms with Gasteiger partial charge in [-0.15, -0.1) is 0 Å². The van der Waals surface area contributed by atoms with Crippen molar-refractivity contribution in [1.29, 1.82) is 0 Å². The fraction of sp³-hybridized carbons (Fsp3) is 0.940. The molecule has 0 aliphatic carbocycles. The van der Waals surface area contributed by atoms with Crippen LogP contribution >= 0.6 is 15.6 Å². The zero-order chi connectivity index (χ0) is 63.3.